The van der Waals surface area contributed by atoms with Gasteiger partial charge in [0, 0.05) is 11.4 Å². The fourth-order valence-electron chi connectivity index (χ4n) is 3.29. The molecule has 0 radical (unpaired) electrons. The van der Waals surface area contributed by atoms with Crippen LogP contribution in [0.4, 0.5) is 31.4 Å². The van der Waals surface area contributed by atoms with Crippen molar-refractivity contribution < 1.29 is 0 Å². The fraction of sp³-hybridized carbons (Fsp3) is 0. The van der Waals surface area contributed by atoms with Crippen molar-refractivity contribution in [2.45, 2.75) is 0 Å². The molecule has 3 aromatic heterocycles. The van der Waals surface area contributed by atoms with Gasteiger partial charge in [-0.15, -0.1) is 22.7 Å². The van der Waals surface area contributed by atoms with Gasteiger partial charge in [-0.3, -0.25) is 9.80 Å². The molecule has 0 saturated heterocycles. The Morgan fingerprint density at radius 3 is 1.13 bits per heavy atom. The first-order valence-electron chi connectivity index (χ1n) is 9.50. The first-order chi connectivity index (χ1) is 15.2. The van der Waals surface area contributed by atoms with Crippen molar-refractivity contribution in [2.75, 3.05) is 9.80 Å². The van der Waals surface area contributed by atoms with E-state index in [0.717, 1.165) is 18.9 Å². The van der Waals surface area contributed by atoms with Crippen LogP contribution in [0.3, 0.4) is 0 Å². The third kappa shape index (κ3) is 4.52. The summed E-state index contributed by atoms with van der Waals surface area (Å²) in [5.74, 6) is 0. The molecule has 31 heavy (non-hydrogen) atoms. The number of hydrogen-bond donors (Lipinski definition) is 0. The molecule has 0 bridgehead atoms. The summed E-state index contributed by atoms with van der Waals surface area (Å²) in [5, 5.41) is 4.70. The lowest BCUT2D eigenvalue weighted by atomic mass is 10.3. The van der Waals surface area contributed by atoms with Crippen LogP contribution in [0, 0.1) is 0 Å². The monoisotopic (exact) mass is 586 g/mol. The van der Waals surface area contributed by atoms with Gasteiger partial charge < -0.3 is 0 Å². The summed E-state index contributed by atoms with van der Waals surface area (Å²) < 4.78 is 2.24. The van der Waals surface area contributed by atoms with Gasteiger partial charge in [0.1, 0.15) is 20.0 Å². The second-order valence-electron chi connectivity index (χ2n) is 6.61. The Hall–Kier alpha value is -1.90. The van der Waals surface area contributed by atoms with Crippen LogP contribution in [0.15, 0.2) is 105 Å². The number of para-hydroxylation sites is 2. The Bertz CT molecular complexity index is 1180. The molecule has 0 aliphatic rings. The lowest BCUT2D eigenvalue weighted by molar-refractivity contribution is 1.35. The van der Waals surface area contributed by atoms with Crippen LogP contribution in [0.5, 0.6) is 0 Å². The van der Waals surface area contributed by atoms with E-state index in [4.69, 9.17) is 0 Å². The zero-order valence-corrected chi connectivity index (χ0v) is 21.7. The highest BCUT2D eigenvalue weighted by molar-refractivity contribution is 9.11. The molecule has 5 rings (SSSR count). The molecule has 7 heteroatoms. The lowest BCUT2D eigenvalue weighted by Gasteiger charge is -2.23. The van der Waals surface area contributed by atoms with Gasteiger partial charge in [-0.05, 0) is 92.5 Å². The van der Waals surface area contributed by atoms with E-state index in [1.165, 1.54) is 20.0 Å². The van der Waals surface area contributed by atoms with E-state index in [1.807, 2.05) is 0 Å². The standard InChI is InChI=1S/C24H16Br2N2S3/c25-19-11-13-21(29-19)27(17-7-3-1-4-8-17)23-15-16-24(31-23)28(18-9-5-2-6-10-18)22-14-12-20(26)30-22/h1-16H. The zero-order valence-electron chi connectivity index (χ0n) is 16.1. The average molecular weight is 588 g/mol. The third-order valence-corrected chi connectivity index (χ3v) is 8.88. The predicted octanol–water partition coefficient (Wildman–Crippen LogP) is 10.3. The van der Waals surface area contributed by atoms with Crippen LogP contribution >= 0.6 is 65.9 Å². The summed E-state index contributed by atoms with van der Waals surface area (Å²) in [6, 6.07) is 34.0. The van der Waals surface area contributed by atoms with Crippen molar-refractivity contribution in [3.63, 3.8) is 0 Å². The molecule has 0 spiro atoms. The zero-order chi connectivity index (χ0) is 21.2. The van der Waals surface area contributed by atoms with Crippen molar-refractivity contribution in [1.82, 2.24) is 0 Å². The van der Waals surface area contributed by atoms with Gasteiger partial charge in [0.05, 0.1) is 7.57 Å². The van der Waals surface area contributed by atoms with E-state index in [2.05, 4.69) is 139 Å². The molecule has 154 valence electrons. The van der Waals surface area contributed by atoms with Crippen LogP contribution in [0.1, 0.15) is 0 Å². The van der Waals surface area contributed by atoms with E-state index >= 15 is 0 Å². The molecule has 0 aliphatic heterocycles. The highest BCUT2D eigenvalue weighted by atomic mass is 79.9. The third-order valence-electron chi connectivity index (χ3n) is 4.61. The van der Waals surface area contributed by atoms with E-state index in [0.29, 0.717) is 0 Å². The van der Waals surface area contributed by atoms with Gasteiger partial charge in [0.2, 0.25) is 0 Å². The van der Waals surface area contributed by atoms with Crippen molar-refractivity contribution in [3.05, 3.63) is 105 Å². The minimum atomic E-state index is 1.12. The molecule has 2 nitrogen and oxygen atoms in total. The second-order valence-corrected chi connectivity index (χ2v) is 12.5. The topological polar surface area (TPSA) is 6.48 Å². The summed E-state index contributed by atoms with van der Waals surface area (Å²) in [4.78, 5) is 4.63. The van der Waals surface area contributed by atoms with Crippen LogP contribution in [0.2, 0.25) is 0 Å². The first kappa shape index (κ1) is 21.0. The Labute approximate surface area is 210 Å². The number of anilines is 6. The molecule has 2 aromatic carbocycles. The largest absolute Gasteiger partial charge is 0.293 e. The maximum atomic E-state index is 3.62. The fourth-order valence-corrected chi connectivity index (χ4v) is 7.27. The summed E-state index contributed by atoms with van der Waals surface area (Å²) >= 11 is 12.5. The Morgan fingerprint density at radius 2 is 0.774 bits per heavy atom. The number of hydrogen-bond acceptors (Lipinski definition) is 5. The number of rotatable bonds is 6. The highest BCUT2D eigenvalue weighted by Crippen LogP contribution is 2.48. The minimum Gasteiger partial charge on any atom is -0.293 e. The van der Waals surface area contributed by atoms with Crippen LogP contribution in [-0.4, -0.2) is 0 Å². The van der Waals surface area contributed by atoms with Gasteiger partial charge in [-0.25, -0.2) is 0 Å². The molecule has 0 N–H and O–H groups in total. The maximum Gasteiger partial charge on any atom is 0.103 e. The minimum absolute atomic E-state index is 1.12. The number of thiophene rings is 3. The van der Waals surface area contributed by atoms with Crippen molar-refractivity contribution >= 4 is 97.2 Å². The molecular formula is C24H16Br2N2S3. The molecule has 0 fully saturated rings. The van der Waals surface area contributed by atoms with Gasteiger partial charge in [-0.2, -0.15) is 0 Å². The van der Waals surface area contributed by atoms with Crippen LogP contribution in [-0.2, 0) is 0 Å². The molecule has 3 heterocycles. The molecule has 0 unspecified atom stereocenters. The molecular weight excluding hydrogens is 572 g/mol. The molecule has 0 aliphatic carbocycles. The molecule has 0 amide bonds. The molecule has 0 atom stereocenters. The van der Waals surface area contributed by atoms with Gasteiger partial charge >= 0.3 is 0 Å². The van der Waals surface area contributed by atoms with E-state index in [-0.39, 0.29) is 0 Å². The average Bonchev–Trinajstić information content (AvgIpc) is 3.53. The van der Waals surface area contributed by atoms with E-state index in [1.54, 1.807) is 34.0 Å². The second kappa shape index (κ2) is 9.30. The van der Waals surface area contributed by atoms with Crippen molar-refractivity contribution in [1.29, 1.82) is 0 Å². The quantitative estimate of drug-likeness (QED) is 0.195. The number of nitrogens with zero attached hydrogens (tertiary/aromatic N) is 2. The Morgan fingerprint density at radius 1 is 0.419 bits per heavy atom. The Balaban J connectivity index is 1.60. The predicted molar refractivity (Wildman–Crippen MR) is 145 cm³/mol. The number of halogens is 2. The van der Waals surface area contributed by atoms with Crippen LogP contribution in [0.25, 0.3) is 0 Å². The Kier molecular flexibility index (Phi) is 6.29. The maximum absolute atomic E-state index is 3.62. The summed E-state index contributed by atoms with van der Waals surface area (Å²) in [6.07, 6.45) is 0. The van der Waals surface area contributed by atoms with Gasteiger partial charge in [-0.1, -0.05) is 47.7 Å². The van der Waals surface area contributed by atoms with Gasteiger partial charge in [0.15, 0.2) is 0 Å². The molecule has 0 saturated carbocycles. The SMILES string of the molecule is Brc1ccc(N(c2ccccc2)c2ccc(N(c3ccccc3)c3ccc(Br)s3)s2)s1. The van der Waals surface area contributed by atoms with Gasteiger partial charge in [0.25, 0.3) is 0 Å². The van der Waals surface area contributed by atoms with Crippen molar-refractivity contribution in [3.8, 4) is 0 Å². The summed E-state index contributed by atoms with van der Waals surface area (Å²) in [7, 11) is 0. The summed E-state index contributed by atoms with van der Waals surface area (Å²) in [5.41, 5.74) is 2.30. The van der Waals surface area contributed by atoms with E-state index in [9.17, 15) is 0 Å². The smallest absolute Gasteiger partial charge is 0.103 e. The van der Waals surface area contributed by atoms with E-state index < -0.39 is 0 Å². The normalized spacial score (nSPS) is 10.9. The van der Waals surface area contributed by atoms with Crippen molar-refractivity contribution in [2.24, 2.45) is 0 Å². The highest BCUT2D eigenvalue weighted by Gasteiger charge is 2.20. The summed E-state index contributed by atoms with van der Waals surface area (Å²) in [6.45, 7) is 0. The molecule has 5 aromatic rings. The number of benzene rings is 2. The van der Waals surface area contributed by atoms with Crippen LogP contribution < -0.4 is 9.80 Å². The first-order valence-corrected chi connectivity index (χ1v) is 13.5. The lowest BCUT2D eigenvalue weighted by Crippen LogP contribution is -2.07.